The molecule has 0 spiro atoms. The maximum absolute atomic E-state index is 4.56. The quantitative estimate of drug-likeness (QED) is 0.162. The van der Waals surface area contributed by atoms with Gasteiger partial charge in [0.25, 0.3) is 0 Å². The third-order valence-electron chi connectivity index (χ3n) is 10.1. The van der Waals surface area contributed by atoms with Gasteiger partial charge < -0.3 is 0 Å². The zero-order chi connectivity index (χ0) is 34.4. The van der Waals surface area contributed by atoms with Crippen LogP contribution in [0.25, 0.3) is 99.3 Å². The molecule has 8 aromatic carbocycles. The molecular weight excluding hydrogens is 669 g/mol. The first-order chi connectivity index (χ1) is 25.8. The Labute approximate surface area is 310 Å². The SMILES string of the molecule is c1ccc2c(-c3ccc(-c4ccc5c(-c6ccc(-c7cscn7)cc6)c6ccccc6c(-c6ccc(-c7cscn7)cc6)c5c4)cc3)cccc2c1. The Morgan fingerprint density at radius 3 is 1.38 bits per heavy atom. The lowest BCUT2D eigenvalue weighted by molar-refractivity contribution is 1.41. The van der Waals surface area contributed by atoms with Crippen molar-refractivity contribution in [3.8, 4) is 67.0 Å². The number of rotatable bonds is 6. The van der Waals surface area contributed by atoms with Gasteiger partial charge in [0, 0.05) is 21.9 Å². The first-order valence-corrected chi connectivity index (χ1v) is 19.2. The maximum Gasteiger partial charge on any atom is 0.0811 e. The molecule has 4 heteroatoms. The summed E-state index contributed by atoms with van der Waals surface area (Å²) in [7, 11) is 0. The highest BCUT2D eigenvalue weighted by Gasteiger charge is 2.18. The van der Waals surface area contributed by atoms with E-state index in [1.807, 2.05) is 11.0 Å². The second-order valence-corrected chi connectivity index (χ2v) is 14.5. The van der Waals surface area contributed by atoms with Crippen LogP contribution in [0.4, 0.5) is 0 Å². The molecule has 2 aromatic heterocycles. The van der Waals surface area contributed by atoms with E-state index >= 15 is 0 Å². The highest BCUT2D eigenvalue weighted by atomic mass is 32.1. The Kier molecular flexibility index (Phi) is 7.56. The van der Waals surface area contributed by atoms with E-state index in [4.69, 9.17) is 0 Å². The fourth-order valence-corrected chi connectivity index (χ4v) is 8.75. The molecule has 2 heterocycles. The highest BCUT2D eigenvalue weighted by Crippen LogP contribution is 2.45. The van der Waals surface area contributed by atoms with Crippen LogP contribution in [0.15, 0.2) is 180 Å². The van der Waals surface area contributed by atoms with Gasteiger partial charge >= 0.3 is 0 Å². The van der Waals surface area contributed by atoms with Crippen LogP contribution in [0, 0.1) is 0 Å². The molecule has 0 radical (unpaired) electrons. The fraction of sp³-hybridized carbons (Fsp3) is 0. The lowest BCUT2D eigenvalue weighted by Crippen LogP contribution is -1.92. The second kappa shape index (κ2) is 12.8. The van der Waals surface area contributed by atoms with Crippen LogP contribution < -0.4 is 0 Å². The van der Waals surface area contributed by atoms with Gasteiger partial charge in [-0.15, -0.1) is 22.7 Å². The summed E-state index contributed by atoms with van der Waals surface area (Å²) in [5.41, 5.74) is 17.8. The second-order valence-electron chi connectivity index (χ2n) is 13.1. The van der Waals surface area contributed by atoms with Crippen molar-refractivity contribution in [1.82, 2.24) is 9.97 Å². The van der Waals surface area contributed by atoms with Gasteiger partial charge in [0.15, 0.2) is 0 Å². The Morgan fingerprint density at radius 2 is 0.788 bits per heavy atom. The Hall–Kier alpha value is -6.20. The van der Waals surface area contributed by atoms with Crippen LogP contribution in [-0.2, 0) is 0 Å². The minimum Gasteiger partial charge on any atom is -0.245 e. The molecule has 0 bridgehead atoms. The molecule has 244 valence electrons. The monoisotopic (exact) mass is 698 g/mol. The van der Waals surface area contributed by atoms with Crippen LogP contribution in [0.5, 0.6) is 0 Å². The van der Waals surface area contributed by atoms with Gasteiger partial charge in [-0.2, -0.15) is 0 Å². The zero-order valence-corrected chi connectivity index (χ0v) is 29.7. The van der Waals surface area contributed by atoms with Gasteiger partial charge in [-0.05, 0) is 82.9 Å². The molecule has 52 heavy (non-hydrogen) atoms. The molecule has 0 aliphatic carbocycles. The zero-order valence-electron chi connectivity index (χ0n) is 28.0. The standard InChI is InChI=1S/C48H30N2S2/c1-2-8-39-32(6-1)7-5-11-40(39)33-14-12-31(13-15-33)38-24-25-43-44(26-38)48(37-22-18-35(19-23-37)46-28-52-30-50-46)42-10-4-3-9-41(42)47(43)36-20-16-34(17-21-36)45-27-51-29-49-45/h1-30H. The number of hydrogen-bond acceptors (Lipinski definition) is 4. The van der Waals surface area contributed by atoms with E-state index in [0.717, 1.165) is 22.5 Å². The first-order valence-electron chi connectivity index (χ1n) is 17.3. The minimum absolute atomic E-state index is 1.01. The van der Waals surface area contributed by atoms with Crippen molar-refractivity contribution < 1.29 is 0 Å². The highest BCUT2D eigenvalue weighted by molar-refractivity contribution is 7.08. The van der Waals surface area contributed by atoms with Crippen molar-refractivity contribution >= 4 is 55.0 Å². The molecule has 0 aliphatic rings. The van der Waals surface area contributed by atoms with Crippen LogP contribution >= 0.6 is 22.7 Å². The van der Waals surface area contributed by atoms with Crippen LogP contribution in [0.1, 0.15) is 0 Å². The van der Waals surface area contributed by atoms with Gasteiger partial charge in [0.2, 0.25) is 0 Å². The van der Waals surface area contributed by atoms with Crippen LogP contribution in [0.2, 0.25) is 0 Å². The molecule has 0 aliphatic heterocycles. The smallest absolute Gasteiger partial charge is 0.0811 e. The fourth-order valence-electron chi connectivity index (χ4n) is 7.62. The molecule has 0 N–H and O–H groups in total. The Bertz CT molecular complexity index is 2850. The predicted molar refractivity (Wildman–Crippen MR) is 223 cm³/mol. The number of thiazole rings is 2. The lowest BCUT2D eigenvalue weighted by Gasteiger charge is -2.19. The molecule has 0 amide bonds. The van der Waals surface area contributed by atoms with Crippen molar-refractivity contribution in [2.45, 2.75) is 0 Å². The van der Waals surface area contributed by atoms with E-state index in [0.29, 0.717) is 0 Å². The van der Waals surface area contributed by atoms with E-state index in [1.54, 1.807) is 22.7 Å². The summed E-state index contributed by atoms with van der Waals surface area (Å²) in [6, 6.07) is 57.9. The molecule has 0 unspecified atom stereocenters. The van der Waals surface area contributed by atoms with Gasteiger partial charge in [0.05, 0.1) is 22.4 Å². The topological polar surface area (TPSA) is 25.8 Å². The van der Waals surface area contributed by atoms with Gasteiger partial charge in [0.1, 0.15) is 0 Å². The molecule has 0 saturated heterocycles. The number of benzene rings is 8. The summed E-state index contributed by atoms with van der Waals surface area (Å²) in [5.74, 6) is 0. The van der Waals surface area contributed by atoms with Crippen molar-refractivity contribution in [1.29, 1.82) is 0 Å². The Morgan fingerprint density at radius 1 is 0.327 bits per heavy atom. The average molecular weight is 699 g/mol. The third-order valence-corrected chi connectivity index (χ3v) is 11.3. The van der Waals surface area contributed by atoms with Gasteiger partial charge in [-0.25, -0.2) is 9.97 Å². The molecule has 10 aromatic rings. The molecule has 2 nitrogen and oxygen atoms in total. The van der Waals surface area contributed by atoms with Crippen molar-refractivity contribution in [2.75, 3.05) is 0 Å². The van der Waals surface area contributed by atoms with E-state index in [-0.39, 0.29) is 0 Å². The largest absolute Gasteiger partial charge is 0.245 e. The molecule has 0 saturated carbocycles. The summed E-state index contributed by atoms with van der Waals surface area (Å²) in [6.45, 7) is 0. The molecule has 0 fully saturated rings. The van der Waals surface area contributed by atoms with Crippen molar-refractivity contribution in [2.24, 2.45) is 0 Å². The third kappa shape index (κ3) is 5.32. The summed E-state index contributed by atoms with van der Waals surface area (Å²) in [6.07, 6.45) is 0. The summed E-state index contributed by atoms with van der Waals surface area (Å²) < 4.78 is 0. The van der Waals surface area contributed by atoms with Crippen LogP contribution in [0.3, 0.4) is 0 Å². The summed E-state index contributed by atoms with van der Waals surface area (Å²) in [5, 5.41) is 11.7. The molecule has 10 rings (SSSR count). The van der Waals surface area contributed by atoms with E-state index in [1.165, 1.54) is 76.8 Å². The lowest BCUT2D eigenvalue weighted by atomic mass is 9.84. The number of hydrogen-bond donors (Lipinski definition) is 0. The van der Waals surface area contributed by atoms with Crippen molar-refractivity contribution in [3.63, 3.8) is 0 Å². The maximum atomic E-state index is 4.56. The number of aromatic nitrogens is 2. The van der Waals surface area contributed by atoms with E-state index in [2.05, 4.69) is 178 Å². The van der Waals surface area contributed by atoms with Gasteiger partial charge in [-0.3, -0.25) is 0 Å². The van der Waals surface area contributed by atoms with Crippen molar-refractivity contribution in [3.05, 3.63) is 180 Å². The summed E-state index contributed by atoms with van der Waals surface area (Å²) >= 11 is 3.25. The first kappa shape index (κ1) is 30.6. The predicted octanol–water partition coefficient (Wildman–Crippen LogP) is 14.1. The number of fused-ring (bicyclic) bond motifs is 3. The Balaban J connectivity index is 1.16. The van der Waals surface area contributed by atoms with Crippen LogP contribution in [-0.4, -0.2) is 9.97 Å². The number of nitrogens with zero attached hydrogens (tertiary/aromatic N) is 2. The van der Waals surface area contributed by atoms with E-state index < -0.39 is 0 Å². The minimum atomic E-state index is 1.01. The molecule has 0 atom stereocenters. The average Bonchev–Trinajstić information content (AvgIpc) is 3.96. The normalized spacial score (nSPS) is 11.5. The summed E-state index contributed by atoms with van der Waals surface area (Å²) in [4.78, 5) is 9.10. The van der Waals surface area contributed by atoms with Gasteiger partial charge in [-0.1, -0.05) is 152 Å². The molecular formula is C48H30N2S2. The van der Waals surface area contributed by atoms with E-state index in [9.17, 15) is 0 Å².